The van der Waals surface area contributed by atoms with E-state index in [1.165, 1.54) is 19.2 Å². The first-order valence-electron chi connectivity index (χ1n) is 8.09. The third kappa shape index (κ3) is 4.13. The van der Waals surface area contributed by atoms with E-state index in [0.29, 0.717) is 10.7 Å². The summed E-state index contributed by atoms with van der Waals surface area (Å²) in [5.74, 6) is -0.428. The second kappa shape index (κ2) is 7.82. The minimum Gasteiger partial charge on any atom is -0.322 e. The molecule has 0 fully saturated rings. The highest BCUT2D eigenvalue weighted by Gasteiger charge is 2.24. The first-order valence-corrected chi connectivity index (χ1v) is 9.91. The van der Waals surface area contributed by atoms with Crippen LogP contribution in [-0.2, 0) is 10.0 Å². The van der Waals surface area contributed by atoms with Gasteiger partial charge in [0.15, 0.2) is 0 Å². The zero-order chi connectivity index (χ0) is 19.4. The van der Waals surface area contributed by atoms with Crippen LogP contribution < -0.4 is 9.62 Å². The molecule has 0 aliphatic heterocycles. The van der Waals surface area contributed by atoms with Crippen LogP contribution in [0.15, 0.2) is 83.8 Å². The summed E-state index contributed by atoms with van der Waals surface area (Å²) in [5, 5.41) is 3.23. The van der Waals surface area contributed by atoms with Gasteiger partial charge in [0.1, 0.15) is 0 Å². The van der Waals surface area contributed by atoms with Crippen LogP contribution in [-0.4, -0.2) is 21.4 Å². The highest BCUT2D eigenvalue weighted by molar-refractivity contribution is 7.92. The lowest BCUT2D eigenvalue weighted by Crippen LogP contribution is -2.29. The van der Waals surface area contributed by atoms with Crippen LogP contribution in [0, 0.1) is 0 Å². The van der Waals surface area contributed by atoms with Gasteiger partial charge in [-0.25, -0.2) is 8.42 Å². The van der Waals surface area contributed by atoms with Gasteiger partial charge in [-0.05, 0) is 42.5 Å². The van der Waals surface area contributed by atoms with Crippen molar-refractivity contribution in [1.29, 1.82) is 0 Å². The Morgan fingerprint density at radius 3 is 2.30 bits per heavy atom. The standard InChI is InChI=1S/C20H17ClN2O3S/c1-23(27(25,26)17-10-3-2-4-11-17)19-13-6-5-12-18(19)20(24)22-16-9-7-8-15(21)14-16/h2-14H,1H3,(H,22,24). The molecule has 3 aromatic carbocycles. The Kier molecular flexibility index (Phi) is 5.48. The number of hydrogen-bond acceptors (Lipinski definition) is 3. The molecule has 3 aromatic rings. The van der Waals surface area contributed by atoms with Crippen molar-refractivity contribution in [3.8, 4) is 0 Å². The molecular weight excluding hydrogens is 384 g/mol. The summed E-state index contributed by atoms with van der Waals surface area (Å²) < 4.78 is 26.9. The smallest absolute Gasteiger partial charge is 0.264 e. The van der Waals surface area contributed by atoms with E-state index in [0.717, 1.165) is 4.31 Å². The lowest BCUT2D eigenvalue weighted by molar-refractivity contribution is 0.102. The van der Waals surface area contributed by atoms with Crippen LogP contribution in [0.3, 0.4) is 0 Å². The van der Waals surface area contributed by atoms with Gasteiger partial charge in [-0.15, -0.1) is 0 Å². The van der Waals surface area contributed by atoms with Crippen LogP contribution in [0.25, 0.3) is 0 Å². The van der Waals surface area contributed by atoms with Crippen LogP contribution in [0.5, 0.6) is 0 Å². The molecule has 1 amide bonds. The fourth-order valence-corrected chi connectivity index (χ4v) is 4.01. The predicted octanol–water partition coefficient (Wildman–Crippen LogP) is 4.42. The second-order valence-corrected chi connectivity index (χ2v) is 8.17. The minimum absolute atomic E-state index is 0.151. The molecule has 0 heterocycles. The Morgan fingerprint density at radius 1 is 0.926 bits per heavy atom. The molecule has 7 heteroatoms. The lowest BCUT2D eigenvalue weighted by Gasteiger charge is -2.22. The molecule has 0 aromatic heterocycles. The summed E-state index contributed by atoms with van der Waals surface area (Å²) in [6.45, 7) is 0. The fourth-order valence-electron chi connectivity index (χ4n) is 2.58. The quantitative estimate of drug-likeness (QED) is 0.689. The molecule has 0 unspecified atom stereocenters. The summed E-state index contributed by atoms with van der Waals surface area (Å²) in [6, 6.07) is 21.3. The summed E-state index contributed by atoms with van der Waals surface area (Å²) in [6.07, 6.45) is 0. The van der Waals surface area contributed by atoms with E-state index in [2.05, 4.69) is 5.32 Å². The lowest BCUT2D eigenvalue weighted by atomic mass is 10.1. The maximum absolute atomic E-state index is 12.9. The van der Waals surface area contributed by atoms with Crippen molar-refractivity contribution in [3.05, 3.63) is 89.4 Å². The zero-order valence-corrected chi connectivity index (χ0v) is 16.0. The van der Waals surface area contributed by atoms with Gasteiger partial charge in [0.2, 0.25) is 0 Å². The summed E-state index contributed by atoms with van der Waals surface area (Å²) in [7, 11) is -2.37. The van der Waals surface area contributed by atoms with Gasteiger partial charge < -0.3 is 5.32 Å². The third-order valence-electron chi connectivity index (χ3n) is 3.97. The largest absolute Gasteiger partial charge is 0.322 e. The summed E-state index contributed by atoms with van der Waals surface area (Å²) in [5.41, 5.74) is 1.04. The number of nitrogens with one attached hydrogen (secondary N) is 1. The van der Waals surface area contributed by atoms with Gasteiger partial charge in [0, 0.05) is 17.8 Å². The number of amides is 1. The monoisotopic (exact) mass is 400 g/mol. The summed E-state index contributed by atoms with van der Waals surface area (Å²) >= 11 is 5.94. The Labute approximate surface area is 163 Å². The van der Waals surface area contributed by atoms with Crippen LogP contribution in [0.4, 0.5) is 11.4 Å². The number of para-hydroxylation sites is 1. The molecule has 1 N–H and O–H groups in total. The van der Waals surface area contributed by atoms with Gasteiger partial charge in [-0.1, -0.05) is 48.0 Å². The number of rotatable bonds is 5. The number of sulfonamides is 1. The molecule has 0 radical (unpaired) electrons. The van der Waals surface area contributed by atoms with Crippen molar-refractivity contribution in [2.75, 3.05) is 16.7 Å². The molecule has 0 bridgehead atoms. The van der Waals surface area contributed by atoms with E-state index in [1.54, 1.807) is 66.7 Å². The number of halogens is 1. The third-order valence-corrected chi connectivity index (χ3v) is 5.99. The van der Waals surface area contributed by atoms with Crippen molar-refractivity contribution in [2.24, 2.45) is 0 Å². The Bertz CT molecular complexity index is 1070. The van der Waals surface area contributed by atoms with E-state index >= 15 is 0 Å². The maximum atomic E-state index is 12.9. The van der Waals surface area contributed by atoms with Gasteiger partial charge in [0.05, 0.1) is 16.1 Å². The van der Waals surface area contributed by atoms with E-state index in [-0.39, 0.29) is 16.1 Å². The Morgan fingerprint density at radius 2 is 1.59 bits per heavy atom. The topological polar surface area (TPSA) is 66.5 Å². The van der Waals surface area contributed by atoms with E-state index in [4.69, 9.17) is 11.6 Å². The highest BCUT2D eigenvalue weighted by atomic mass is 35.5. The Hall–Kier alpha value is -2.83. The summed E-state index contributed by atoms with van der Waals surface area (Å²) in [4.78, 5) is 12.9. The molecule has 0 atom stereocenters. The molecule has 3 rings (SSSR count). The van der Waals surface area contributed by atoms with E-state index in [1.807, 2.05) is 0 Å². The van der Waals surface area contributed by atoms with Gasteiger partial charge in [-0.3, -0.25) is 9.10 Å². The molecule has 138 valence electrons. The Balaban J connectivity index is 1.95. The SMILES string of the molecule is CN(c1ccccc1C(=O)Nc1cccc(Cl)c1)S(=O)(=O)c1ccccc1. The molecule has 0 aliphatic rings. The number of hydrogen-bond donors (Lipinski definition) is 1. The molecular formula is C20H17ClN2O3S. The first-order chi connectivity index (χ1) is 12.9. The predicted molar refractivity (Wildman–Crippen MR) is 108 cm³/mol. The zero-order valence-electron chi connectivity index (χ0n) is 14.5. The molecule has 0 saturated carbocycles. The molecule has 0 saturated heterocycles. The van der Waals surface area contributed by atoms with Gasteiger partial charge >= 0.3 is 0 Å². The van der Waals surface area contributed by atoms with Crippen molar-refractivity contribution in [1.82, 2.24) is 0 Å². The van der Waals surface area contributed by atoms with Crippen LogP contribution in [0.1, 0.15) is 10.4 Å². The normalized spacial score (nSPS) is 11.0. The number of carbonyl (C=O) groups is 1. The second-order valence-electron chi connectivity index (χ2n) is 5.77. The number of anilines is 2. The average Bonchev–Trinajstić information content (AvgIpc) is 2.68. The van der Waals surface area contributed by atoms with Gasteiger partial charge in [-0.2, -0.15) is 0 Å². The molecule has 0 aliphatic carbocycles. The van der Waals surface area contributed by atoms with E-state index in [9.17, 15) is 13.2 Å². The van der Waals surface area contributed by atoms with Crippen molar-refractivity contribution < 1.29 is 13.2 Å². The molecule has 5 nitrogen and oxygen atoms in total. The highest BCUT2D eigenvalue weighted by Crippen LogP contribution is 2.26. The van der Waals surface area contributed by atoms with E-state index < -0.39 is 15.9 Å². The van der Waals surface area contributed by atoms with Crippen molar-refractivity contribution in [3.63, 3.8) is 0 Å². The number of nitrogens with zero attached hydrogens (tertiary/aromatic N) is 1. The van der Waals surface area contributed by atoms with Gasteiger partial charge in [0.25, 0.3) is 15.9 Å². The van der Waals surface area contributed by atoms with Crippen LogP contribution in [0.2, 0.25) is 5.02 Å². The number of carbonyl (C=O) groups excluding carboxylic acids is 1. The van der Waals surface area contributed by atoms with Crippen molar-refractivity contribution in [2.45, 2.75) is 4.90 Å². The molecule has 27 heavy (non-hydrogen) atoms. The van der Waals surface area contributed by atoms with Crippen LogP contribution >= 0.6 is 11.6 Å². The minimum atomic E-state index is -3.80. The average molecular weight is 401 g/mol. The van der Waals surface area contributed by atoms with Crippen molar-refractivity contribution >= 4 is 38.9 Å². The molecule has 0 spiro atoms. The first kappa shape index (κ1) is 18.9. The maximum Gasteiger partial charge on any atom is 0.264 e. The fraction of sp³-hybridized carbons (Fsp3) is 0.0500. The number of benzene rings is 3.